The minimum atomic E-state index is -0.228. The number of aromatic hydroxyl groups is 1. The summed E-state index contributed by atoms with van der Waals surface area (Å²) in [4.78, 5) is 13.0. The molecule has 0 saturated carbocycles. The summed E-state index contributed by atoms with van der Waals surface area (Å²) in [6.45, 7) is 3.80. The summed E-state index contributed by atoms with van der Waals surface area (Å²) < 4.78 is 5.41. The zero-order valence-corrected chi connectivity index (χ0v) is 10.0. The summed E-state index contributed by atoms with van der Waals surface area (Å²) in [5, 5.41) is 9.70. The van der Waals surface area contributed by atoms with Gasteiger partial charge in [-0.2, -0.15) is 0 Å². The lowest BCUT2D eigenvalue weighted by Gasteiger charge is -2.14. The molecular weight excluding hydrogens is 206 g/mol. The maximum absolute atomic E-state index is 11.6. The normalized spacial score (nSPS) is 10.3. The SMILES string of the molecule is CC(C)Oc1ccc(C(=O)N(C)C)c(O)c1. The number of carbonyl (C=O) groups is 1. The Bertz CT molecular complexity index is 386. The standard InChI is InChI=1S/C12H17NO3/c1-8(2)16-9-5-6-10(11(14)7-9)12(15)13(3)4/h5-8,14H,1-4H3. The van der Waals surface area contributed by atoms with E-state index >= 15 is 0 Å². The number of hydrogen-bond donors (Lipinski definition) is 1. The molecule has 0 aliphatic heterocycles. The molecule has 1 amide bonds. The van der Waals surface area contributed by atoms with Gasteiger partial charge in [0.05, 0.1) is 11.7 Å². The molecule has 0 aliphatic rings. The highest BCUT2D eigenvalue weighted by Gasteiger charge is 2.13. The number of nitrogens with zero attached hydrogens (tertiary/aromatic N) is 1. The van der Waals surface area contributed by atoms with Gasteiger partial charge in [-0.1, -0.05) is 0 Å². The van der Waals surface area contributed by atoms with Crippen molar-refractivity contribution in [3.05, 3.63) is 23.8 Å². The minimum Gasteiger partial charge on any atom is -0.507 e. The molecule has 16 heavy (non-hydrogen) atoms. The van der Waals surface area contributed by atoms with Crippen LogP contribution in [0.5, 0.6) is 11.5 Å². The molecule has 1 aromatic rings. The predicted molar refractivity (Wildman–Crippen MR) is 61.9 cm³/mol. The maximum atomic E-state index is 11.6. The second-order valence-corrected chi connectivity index (χ2v) is 4.05. The average Bonchev–Trinajstić information content (AvgIpc) is 2.15. The summed E-state index contributed by atoms with van der Waals surface area (Å²) in [6, 6.07) is 4.70. The molecule has 88 valence electrons. The van der Waals surface area contributed by atoms with Gasteiger partial charge in [-0.3, -0.25) is 4.79 Å². The van der Waals surface area contributed by atoms with Crippen molar-refractivity contribution in [1.29, 1.82) is 0 Å². The number of ether oxygens (including phenoxy) is 1. The van der Waals surface area contributed by atoms with Gasteiger partial charge in [0, 0.05) is 20.2 Å². The van der Waals surface area contributed by atoms with E-state index in [1.807, 2.05) is 13.8 Å². The number of hydrogen-bond acceptors (Lipinski definition) is 3. The van der Waals surface area contributed by atoms with Crippen molar-refractivity contribution in [2.24, 2.45) is 0 Å². The Kier molecular flexibility index (Phi) is 3.77. The molecule has 1 aromatic carbocycles. The molecule has 0 aliphatic carbocycles. The zero-order chi connectivity index (χ0) is 12.3. The first kappa shape index (κ1) is 12.4. The van der Waals surface area contributed by atoms with Crippen LogP contribution in [0.25, 0.3) is 0 Å². The van der Waals surface area contributed by atoms with Gasteiger partial charge >= 0.3 is 0 Å². The lowest BCUT2D eigenvalue weighted by atomic mass is 10.1. The van der Waals surface area contributed by atoms with Gasteiger partial charge in [0.1, 0.15) is 11.5 Å². The molecule has 0 fully saturated rings. The van der Waals surface area contributed by atoms with Gasteiger partial charge < -0.3 is 14.7 Å². The van der Waals surface area contributed by atoms with Gasteiger partial charge in [0.2, 0.25) is 0 Å². The van der Waals surface area contributed by atoms with Crippen LogP contribution >= 0.6 is 0 Å². The van der Waals surface area contributed by atoms with E-state index in [-0.39, 0.29) is 23.3 Å². The largest absolute Gasteiger partial charge is 0.507 e. The molecule has 0 unspecified atom stereocenters. The Morgan fingerprint density at radius 2 is 2.00 bits per heavy atom. The van der Waals surface area contributed by atoms with Crippen molar-refractivity contribution >= 4 is 5.91 Å². The lowest BCUT2D eigenvalue weighted by Crippen LogP contribution is -2.21. The summed E-state index contributed by atoms with van der Waals surface area (Å²) in [5.41, 5.74) is 0.279. The van der Waals surface area contributed by atoms with Crippen molar-refractivity contribution < 1.29 is 14.6 Å². The maximum Gasteiger partial charge on any atom is 0.257 e. The number of amides is 1. The summed E-state index contributed by atoms with van der Waals surface area (Å²) in [7, 11) is 3.28. The van der Waals surface area contributed by atoms with E-state index in [4.69, 9.17) is 4.74 Å². The van der Waals surface area contributed by atoms with Crippen LogP contribution in [0.4, 0.5) is 0 Å². The Labute approximate surface area is 95.5 Å². The topological polar surface area (TPSA) is 49.8 Å². The first-order valence-corrected chi connectivity index (χ1v) is 5.13. The molecule has 1 rings (SSSR count). The third-order valence-corrected chi connectivity index (χ3v) is 1.98. The minimum absolute atomic E-state index is 0.0369. The summed E-state index contributed by atoms with van der Waals surface area (Å²) in [6.07, 6.45) is 0.0369. The van der Waals surface area contributed by atoms with Gasteiger partial charge in [-0.05, 0) is 26.0 Å². The van der Waals surface area contributed by atoms with E-state index < -0.39 is 0 Å². The highest BCUT2D eigenvalue weighted by atomic mass is 16.5. The number of phenols is 1. The molecule has 0 saturated heterocycles. The molecule has 0 atom stereocenters. The fourth-order valence-electron chi connectivity index (χ4n) is 1.28. The number of carbonyl (C=O) groups excluding carboxylic acids is 1. The van der Waals surface area contributed by atoms with Crippen LogP contribution < -0.4 is 4.74 Å². The zero-order valence-electron chi connectivity index (χ0n) is 10.0. The molecule has 0 heterocycles. The quantitative estimate of drug-likeness (QED) is 0.851. The van der Waals surface area contributed by atoms with Crippen molar-refractivity contribution in [3.63, 3.8) is 0 Å². The Balaban J connectivity index is 2.96. The lowest BCUT2D eigenvalue weighted by molar-refractivity contribution is 0.0824. The van der Waals surface area contributed by atoms with Crippen LogP contribution in [-0.2, 0) is 0 Å². The molecule has 0 spiro atoms. The van der Waals surface area contributed by atoms with Crippen LogP contribution in [0.1, 0.15) is 24.2 Å². The van der Waals surface area contributed by atoms with E-state index in [1.165, 1.54) is 11.0 Å². The molecule has 0 bridgehead atoms. The number of phenolic OH excluding ortho intramolecular Hbond substituents is 1. The van der Waals surface area contributed by atoms with Crippen LogP contribution in [0.15, 0.2) is 18.2 Å². The van der Waals surface area contributed by atoms with Crippen LogP contribution in [0.2, 0.25) is 0 Å². The van der Waals surface area contributed by atoms with Crippen LogP contribution in [-0.4, -0.2) is 36.1 Å². The van der Waals surface area contributed by atoms with Gasteiger partial charge in [0.15, 0.2) is 0 Å². The first-order chi connectivity index (χ1) is 7.41. The molecule has 1 N–H and O–H groups in total. The molecule has 4 nitrogen and oxygen atoms in total. The predicted octanol–water partition coefficient (Wildman–Crippen LogP) is 1.88. The fourth-order valence-corrected chi connectivity index (χ4v) is 1.28. The number of benzene rings is 1. The first-order valence-electron chi connectivity index (χ1n) is 5.13. The second kappa shape index (κ2) is 4.88. The van der Waals surface area contributed by atoms with Gasteiger partial charge in [-0.25, -0.2) is 0 Å². The van der Waals surface area contributed by atoms with E-state index in [9.17, 15) is 9.90 Å². The Hall–Kier alpha value is -1.71. The van der Waals surface area contributed by atoms with Crippen LogP contribution in [0, 0.1) is 0 Å². The number of rotatable bonds is 3. The molecule has 0 radical (unpaired) electrons. The van der Waals surface area contributed by atoms with Crippen LogP contribution in [0.3, 0.4) is 0 Å². The Morgan fingerprint density at radius 3 is 2.44 bits per heavy atom. The van der Waals surface area contributed by atoms with Crippen molar-refractivity contribution in [2.75, 3.05) is 14.1 Å². The monoisotopic (exact) mass is 223 g/mol. The van der Waals surface area contributed by atoms with E-state index in [2.05, 4.69) is 0 Å². The summed E-state index contributed by atoms with van der Waals surface area (Å²) >= 11 is 0. The van der Waals surface area contributed by atoms with Gasteiger partial charge in [-0.15, -0.1) is 0 Å². The molecule has 0 aromatic heterocycles. The third kappa shape index (κ3) is 2.89. The second-order valence-electron chi connectivity index (χ2n) is 4.05. The van der Waals surface area contributed by atoms with E-state index in [0.29, 0.717) is 5.75 Å². The average molecular weight is 223 g/mol. The van der Waals surface area contributed by atoms with E-state index in [0.717, 1.165) is 0 Å². The van der Waals surface area contributed by atoms with Crippen molar-refractivity contribution in [1.82, 2.24) is 4.90 Å². The summed E-state index contributed by atoms with van der Waals surface area (Å²) in [5.74, 6) is 0.272. The fraction of sp³-hybridized carbons (Fsp3) is 0.417. The van der Waals surface area contributed by atoms with E-state index in [1.54, 1.807) is 26.2 Å². The molecular formula is C12H17NO3. The van der Waals surface area contributed by atoms with Crippen molar-refractivity contribution in [2.45, 2.75) is 20.0 Å². The highest BCUT2D eigenvalue weighted by molar-refractivity contribution is 5.96. The molecule has 4 heteroatoms. The smallest absolute Gasteiger partial charge is 0.257 e. The van der Waals surface area contributed by atoms with Gasteiger partial charge in [0.25, 0.3) is 5.91 Å². The third-order valence-electron chi connectivity index (χ3n) is 1.98. The highest BCUT2D eigenvalue weighted by Crippen LogP contribution is 2.25. The Morgan fingerprint density at radius 1 is 1.38 bits per heavy atom. The van der Waals surface area contributed by atoms with Crippen molar-refractivity contribution in [3.8, 4) is 11.5 Å².